The second-order valence-corrected chi connectivity index (χ2v) is 3.41. The lowest BCUT2D eigenvalue weighted by atomic mass is 10.1. The van der Waals surface area contributed by atoms with Gasteiger partial charge in [-0.05, 0) is 24.5 Å². The maximum Gasteiger partial charge on any atom is 0.266 e. The summed E-state index contributed by atoms with van der Waals surface area (Å²) in [6, 6.07) is 0.530. The molecule has 12 heavy (non-hydrogen) atoms. The smallest absolute Gasteiger partial charge is 0.266 e. The van der Waals surface area contributed by atoms with Crippen molar-refractivity contribution in [2.75, 3.05) is 11.4 Å². The van der Waals surface area contributed by atoms with Crippen molar-refractivity contribution in [3.8, 4) is 0 Å². The molecular formula is C7H13N5. The van der Waals surface area contributed by atoms with Gasteiger partial charge in [0.25, 0.3) is 5.95 Å². The number of H-pyrrole nitrogens is 1. The van der Waals surface area contributed by atoms with Crippen LogP contribution in [0.2, 0.25) is 0 Å². The first-order chi connectivity index (χ1) is 5.79. The van der Waals surface area contributed by atoms with Crippen LogP contribution >= 0.6 is 0 Å². The summed E-state index contributed by atoms with van der Waals surface area (Å²) < 4.78 is 0. The molecule has 2 unspecified atom stereocenters. The third-order valence-electron chi connectivity index (χ3n) is 2.73. The molecule has 0 radical (unpaired) electrons. The topological polar surface area (TPSA) is 57.7 Å². The second-order valence-electron chi connectivity index (χ2n) is 3.41. The highest BCUT2D eigenvalue weighted by Gasteiger charge is 2.29. The first kappa shape index (κ1) is 7.52. The third-order valence-corrected chi connectivity index (χ3v) is 2.73. The number of nitrogens with zero attached hydrogens (tertiary/aromatic N) is 4. The van der Waals surface area contributed by atoms with Crippen LogP contribution in [-0.4, -0.2) is 33.2 Å². The van der Waals surface area contributed by atoms with Crippen molar-refractivity contribution >= 4 is 5.95 Å². The summed E-state index contributed by atoms with van der Waals surface area (Å²) in [7, 11) is 0. The van der Waals surface area contributed by atoms with E-state index in [-0.39, 0.29) is 0 Å². The number of anilines is 1. The van der Waals surface area contributed by atoms with Gasteiger partial charge in [-0.2, -0.15) is 5.21 Å². The van der Waals surface area contributed by atoms with Crippen LogP contribution < -0.4 is 4.90 Å². The maximum absolute atomic E-state index is 3.96. The zero-order valence-electron chi connectivity index (χ0n) is 7.36. The van der Waals surface area contributed by atoms with Crippen molar-refractivity contribution in [1.29, 1.82) is 0 Å². The minimum atomic E-state index is 0.530. The first-order valence-electron chi connectivity index (χ1n) is 4.29. The van der Waals surface area contributed by atoms with Crippen LogP contribution in [0.5, 0.6) is 0 Å². The van der Waals surface area contributed by atoms with Crippen LogP contribution in [0.25, 0.3) is 0 Å². The van der Waals surface area contributed by atoms with Gasteiger partial charge in [-0.15, -0.1) is 5.10 Å². The van der Waals surface area contributed by atoms with Crippen LogP contribution in [0.1, 0.15) is 20.3 Å². The van der Waals surface area contributed by atoms with E-state index in [1.54, 1.807) is 0 Å². The van der Waals surface area contributed by atoms with E-state index in [1.165, 1.54) is 6.42 Å². The van der Waals surface area contributed by atoms with Gasteiger partial charge in [-0.3, -0.25) is 0 Å². The van der Waals surface area contributed by atoms with Crippen LogP contribution in [0.4, 0.5) is 5.95 Å². The number of tetrazole rings is 1. The Morgan fingerprint density at radius 3 is 2.83 bits per heavy atom. The Morgan fingerprint density at radius 2 is 2.33 bits per heavy atom. The minimum absolute atomic E-state index is 0.530. The Balaban J connectivity index is 2.16. The van der Waals surface area contributed by atoms with Crippen LogP contribution in [0.3, 0.4) is 0 Å². The molecule has 1 aromatic heterocycles. The van der Waals surface area contributed by atoms with Crippen molar-refractivity contribution in [3.05, 3.63) is 0 Å². The van der Waals surface area contributed by atoms with Crippen molar-refractivity contribution < 1.29 is 0 Å². The molecule has 2 atom stereocenters. The molecule has 0 aromatic carbocycles. The highest BCUT2D eigenvalue weighted by atomic mass is 15.5. The highest BCUT2D eigenvalue weighted by molar-refractivity contribution is 5.30. The summed E-state index contributed by atoms with van der Waals surface area (Å²) in [5.74, 6) is 1.45. The fraction of sp³-hybridized carbons (Fsp3) is 0.857. The molecule has 0 saturated carbocycles. The van der Waals surface area contributed by atoms with Gasteiger partial charge in [0, 0.05) is 12.6 Å². The van der Waals surface area contributed by atoms with Gasteiger partial charge in [0.05, 0.1) is 0 Å². The van der Waals surface area contributed by atoms with E-state index < -0.39 is 0 Å². The summed E-state index contributed by atoms with van der Waals surface area (Å²) in [6.07, 6.45) is 1.22. The molecule has 1 aliphatic heterocycles. The van der Waals surface area contributed by atoms with E-state index >= 15 is 0 Å². The van der Waals surface area contributed by atoms with Gasteiger partial charge < -0.3 is 4.90 Å². The maximum atomic E-state index is 3.96. The summed E-state index contributed by atoms with van der Waals surface area (Å²) in [5, 5.41) is 13.9. The molecule has 1 fully saturated rings. The van der Waals surface area contributed by atoms with Crippen molar-refractivity contribution in [3.63, 3.8) is 0 Å². The molecular weight excluding hydrogens is 154 g/mol. The molecule has 1 aromatic rings. The number of aromatic amines is 1. The van der Waals surface area contributed by atoms with E-state index in [0.29, 0.717) is 6.04 Å². The fourth-order valence-corrected chi connectivity index (χ4v) is 1.66. The Morgan fingerprint density at radius 1 is 1.50 bits per heavy atom. The minimum Gasteiger partial charge on any atom is -0.335 e. The average molecular weight is 167 g/mol. The number of hydrogen-bond donors (Lipinski definition) is 1. The predicted molar refractivity (Wildman–Crippen MR) is 44.8 cm³/mol. The van der Waals surface area contributed by atoms with E-state index in [1.807, 2.05) is 0 Å². The molecule has 1 aliphatic rings. The van der Waals surface area contributed by atoms with Gasteiger partial charge in [0.15, 0.2) is 0 Å². The molecule has 66 valence electrons. The standard InChI is InChI=1S/C7H13N5/c1-5-3-4-12(6(5)2)7-8-10-11-9-7/h5-6H,3-4H2,1-2H3,(H,8,9,10,11). The van der Waals surface area contributed by atoms with E-state index in [2.05, 4.69) is 39.4 Å². The van der Waals surface area contributed by atoms with Crippen molar-refractivity contribution in [1.82, 2.24) is 20.6 Å². The van der Waals surface area contributed by atoms with Gasteiger partial charge in [0.1, 0.15) is 0 Å². The van der Waals surface area contributed by atoms with Gasteiger partial charge in [-0.1, -0.05) is 12.0 Å². The average Bonchev–Trinajstić information content (AvgIpc) is 2.64. The zero-order chi connectivity index (χ0) is 8.55. The van der Waals surface area contributed by atoms with Crippen molar-refractivity contribution in [2.24, 2.45) is 5.92 Å². The molecule has 5 nitrogen and oxygen atoms in total. The molecule has 0 bridgehead atoms. The molecule has 0 aliphatic carbocycles. The van der Waals surface area contributed by atoms with E-state index in [4.69, 9.17) is 0 Å². The fourth-order valence-electron chi connectivity index (χ4n) is 1.66. The highest BCUT2D eigenvalue weighted by Crippen LogP contribution is 2.25. The Bertz CT molecular complexity index is 244. The molecule has 0 spiro atoms. The molecule has 1 saturated heterocycles. The molecule has 2 heterocycles. The van der Waals surface area contributed by atoms with E-state index in [9.17, 15) is 0 Å². The normalized spacial score (nSPS) is 29.7. The van der Waals surface area contributed by atoms with Gasteiger partial charge in [-0.25, -0.2) is 0 Å². The third kappa shape index (κ3) is 1.05. The molecule has 1 N–H and O–H groups in total. The quantitative estimate of drug-likeness (QED) is 0.659. The van der Waals surface area contributed by atoms with Crippen LogP contribution in [0, 0.1) is 5.92 Å². The van der Waals surface area contributed by atoms with Crippen LogP contribution in [-0.2, 0) is 0 Å². The predicted octanol–water partition coefficient (Wildman–Crippen LogP) is 0.434. The molecule has 0 amide bonds. The summed E-state index contributed by atoms with van der Waals surface area (Å²) in [4.78, 5) is 2.19. The van der Waals surface area contributed by atoms with Gasteiger partial charge >= 0.3 is 0 Å². The Hall–Kier alpha value is -1.13. The Kier molecular flexibility index (Phi) is 1.71. The largest absolute Gasteiger partial charge is 0.335 e. The lowest BCUT2D eigenvalue weighted by Crippen LogP contribution is -2.29. The Labute approximate surface area is 71.1 Å². The lowest BCUT2D eigenvalue weighted by Gasteiger charge is -2.20. The summed E-state index contributed by atoms with van der Waals surface area (Å²) >= 11 is 0. The number of aromatic nitrogens is 4. The number of hydrogen-bond acceptors (Lipinski definition) is 4. The first-order valence-corrected chi connectivity index (χ1v) is 4.29. The summed E-state index contributed by atoms with van der Waals surface area (Å²) in [5.41, 5.74) is 0. The SMILES string of the molecule is CC1CCN(c2nn[nH]n2)C1C. The number of nitrogens with one attached hydrogen (secondary N) is 1. The van der Waals surface area contributed by atoms with Crippen molar-refractivity contribution in [2.45, 2.75) is 26.3 Å². The second kappa shape index (κ2) is 2.73. The van der Waals surface area contributed by atoms with Gasteiger partial charge in [0.2, 0.25) is 0 Å². The molecule has 5 heteroatoms. The lowest BCUT2D eigenvalue weighted by molar-refractivity contribution is 0.542. The monoisotopic (exact) mass is 167 g/mol. The molecule has 2 rings (SSSR count). The summed E-state index contributed by atoms with van der Waals surface area (Å²) in [6.45, 7) is 5.50. The zero-order valence-corrected chi connectivity index (χ0v) is 7.36. The number of rotatable bonds is 1. The van der Waals surface area contributed by atoms with E-state index in [0.717, 1.165) is 18.4 Å². The van der Waals surface area contributed by atoms with Crippen LogP contribution in [0.15, 0.2) is 0 Å².